The van der Waals surface area contributed by atoms with Gasteiger partial charge >= 0.3 is 340 Å². The third kappa shape index (κ3) is 8.10. The van der Waals surface area contributed by atoms with Crippen LogP contribution in [0.15, 0.2) is 30.3 Å². The Hall–Kier alpha value is 2.49. The molecular formula is C43H74Cl4P2Ru2. The first-order valence-corrected chi connectivity index (χ1v) is 42.5. The molecule has 0 aromatic heterocycles. The third-order valence-corrected chi connectivity index (χ3v) is 93.7. The monoisotopic (exact) mass is 996 g/mol. The van der Waals surface area contributed by atoms with Gasteiger partial charge in [0.15, 0.2) is 0 Å². The Bertz CT molecular complexity index is 1030. The van der Waals surface area contributed by atoms with Gasteiger partial charge in [-0.1, -0.05) is 0 Å². The fraction of sp³-hybridized carbons (Fsp3) is 0.860. The van der Waals surface area contributed by atoms with Crippen LogP contribution in [-0.4, -0.2) is 34.0 Å². The predicted octanol–water partition coefficient (Wildman–Crippen LogP) is 16.9. The van der Waals surface area contributed by atoms with Crippen molar-refractivity contribution in [2.75, 3.05) is 0 Å². The normalized spacial score (nSPS) is 27.9. The van der Waals surface area contributed by atoms with Crippen LogP contribution in [0, 0.1) is 0 Å². The standard InChI is InChI=1S/2C18H33P.C7H6.4ClH.2Ru/c2*1-4-10-16(11-5-1)19(17-12-6-2-7-13-17)18-14-8-3-9-15-18;1-7-5-3-2-4-6-7;;;;;;/h2*16-18H,1-15H2;1-6H;4*1H;;/q;;;;;;;2*+1/p-2. The van der Waals surface area contributed by atoms with Crippen molar-refractivity contribution in [3.05, 3.63) is 35.9 Å². The van der Waals surface area contributed by atoms with Gasteiger partial charge in [0.2, 0.25) is 0 Å². The second kappa shape index (κ2) is 19.0. The number of rotatable bonds is 11. The first-order valence-electron chi connectivity index (χ1n) is 22.1. The fourth-order valence-corrected chi connectivity index (χ4v) is 134. The minimum absolute atomic E-state index is 0.125. The van der Waals surface area contributed by atoms with Gasteiger partial charge in [-0.3, -0.25) is 0 Å². The van der Waals surface area contributed by atoms with Crippen LogP contribution in [0.1, 0.15) is 201 Å². The summed E-state index contributed by atoms with van der Waals surface area (Å²) >= 11 is -7.27. The molecule has 0 heterocycles. The Morgan fingerprint density at radius 2 is 0.569 bits per heavy atom. The molecule has 0 amide bonds. The topological polar surface area (TPSA) is 0 Å². The molecule has 300 valence electrons. The zero-order valence-electron chi connectivity index (χ0n) is 31.9. The molecule has 0 N–H and O–H groups in total. The van der Waals surface area contributed by atoms with Gasteiger partial charge in [-0.15, -0.1) is 0 Å². The van der Waals surface area contributed by atoms with E-state index in [0.717, 1.165) is 34.0 Å². The average Bonchev–Trinajstić information content (AvgIpc) is 3.18. The van der Waals surface area contributed by atoms with Crippen LogP contribution in [0.3, 0.4) is 0 Å². The van der Waals surface area contributed by atoms with Gasteiger partial charge < -0.3 is 0 Å². The molecule has 0 unspecified atom stereocenters. The van der Waals surface area contributed by atoms with E-state index in [4.69, 9.17) is 38.8 Å². The van der Waals surface area contributed by atoms with Crippen LogP contribution in [0.4, 0.5) is 0 Å². The van der Waals surface area contributed by atoms with Gasteiger partial charge in [0.05, 0.1) is 0 Å². The maximum absolute atomic E-state index is 9.16. The third-order valence-electron chi connectivity index (χ3n) is 15.6. The molecular weight excluding hydrogens is 922 g/mol. The van der Waals surface area contributed by atoms with Crippen LogP contribution in [0.25, 0.3) is 0 Å². The Balaban J connectivity index is 1.49. The Labute approximate surface area is 337 Å². The van der Waals surface area contributed by atoms with Crippen LogP contribution in [-0.2, 0) is 24.6 Å². The molecule has 7 rings (SSSR count). The predicted molar refractivity (Wildman–Crippen MR) is 230 cm³/mol. The maximum atomic E-state index is 9.16. The zero-order valence-corrected chi connectivity index (χ0v) is 40.4. The van der Waals surface area contributed by atoms with Gasteiger partial charge in [-0.25, -0.2) is 0 Å². The van der Waals surface area contributed by atoms with Gasteiger partial charge in [0, 0.05) is 0 Å². The van der Waals surface area contributed by atoms with Crippen LogP contribution in [0.2, 0.25) is 0 Å². The zero-order chi connectivity index (χ0) is 35.4. The van der Waals surface area contributed by atoms with Crippen molar-refractivity contribution in [2.45, 2.75) is 230 Å². The number of benzene rings is 1. The summed E-state index contributed by atoms with van der Waals surface area (Å²) in [5, 5.41) is 0. The van der Waals surface area contributed by atoms with Crippen molar-refractivity contribution in [1.29, 1.82) is 0 Å². The van der Waals surface area contributed by atoms with Crippen LogP contribution < -0.4 is 0 Å². The van der Waals surface area contributed by atoms with Gasteiger partial charge in [-0.2, -0.15) is 0 Å². The second-order valence-corrected chi connectivity index (χ2v) is 66.6. The molecule has 6 fully saturated rings. The quantitative estimate of drug-likeness (QED) is 0.153. The van der Waals surface area contributed by atoms with Crippen molar-refractivity contribution in [3.63, 3.8) is 0 Å². The Morgan fingerprint density at radius 1 is 0.353 bits per heavy atom. The number of hydrogen-bond donors (Lipinski definition) is 0. The SMILES string of the molecule is [Cl][Ru]([Cl])([CH](c1ccccc1)[Ru]([Cl])([Cl])[PH](C1CCCCC1)(C1CCCCC1)C1CCCCC1)[PH](C1CCCCC1)(C1CCCCC1)C1CCCCC1. The van der Waals surface area contributed by atoms with Gasteiger partial charge in [0.25, 0.3) is 0 Å². The Morgan fingerprint density at radius 3 is 0.784 bits per heavy atom. The van der Waals surface area contributed by atoms with E-state index in [9.17, 15) is 0 Å². The van der Waals surface area contributed by atoms with Crippen molar-refractivity contribution in [1.82, 2.24) is 0 Å². The van der Waals surface area contributed by atoms with Gasteiger partial charge in [-0.05, 0) is 0 Å². The van der Waals surface area contributed by atoms with Crippen molar-refractivity contribution >= 4 is 50.0 Å². The summed E-state index contributed by atoms with van der Waals surface area (Å²) < 4.78 is 0.125. The molecule has 0 saturated heterocycles. The van der Waals surface area contributed by atoms with Crippen molar-refractivity contribution in [3.8, 4) is 0 Å². The molecule has 6 aliphatic carbocycles. The van der Waals surface area contributed by atoms with Crippen LogP contribution >= 0.6 is 50.0 Å². The Kier molecular flexibility index (Phi) is 15.5. The molecule has 0 aliphatic heterocycles. The molecule has 6 aliphatic rings. The van der Waals surface area contributed by atoms with E-state index in [0.29, 0.717) is 0 Å². The summed E-state index contributed by atoms with van der Waals surface area (Å²) in [6, 6.07) is 11.8. The molecule has 6 saturated carbocycles. The molecule has 0 radical (unpaired) electrons. The molecule has 51 heavy (non-hydrogen) atoms. The summed E-state index contributed by atoms with van der Waals surface area (Å²) in [5.41, 5.74) is 1.59. The van der Waals surface area contributed by atoms with E-state index in [1.165, 1.54) is 198 Å². The average molecular weight is 997 g/mol. The van der Waals surface area contributed by atoms with Crippen LogP contribution in [0.5, 0.6) is 0 Å². The molecule has 1 aromatic rings. The molecule has 0 spiro atoms. The van der Waals surface area contributed by atoms with E-state index in [1.807, 2.05) is 0 Å². The van der Waals surface area contributed by atoms with E-state index in [-0.39, 0.29) is 3.11 Å². The minimum atomic E-state index is -3.64. The van der Waals surface area contributed by atoms with Crippen molar-refractivity contribution < 1.29 is 24.6 Å². The first kappa shape index (κ1) is 41.6. The van der Waals surface area contributed by atoms with Crippen molar-refractivity contribution in [2.24, 2.45) is 0 Å². The van der Waals surface area contributed by atoms with E-state index in [1.54, 1.807) is 0 Å². The van der Waals surface area contributed by atoms with Gasteiger partial charge in [0.1, 0.15) is 0 Å². The fourth-order valence-electron chi connectivity index (χ4n) is 13.7. The molecule has 1 aromatic carbocycles. The molecule has 0 atom stereocenters. The molecule has 0 bridgehead atoms. The van der Waals surface area contributed by atoms with E-state index < -0.39 is 35.8 Å². The molecule has 8 heteroatoms. The summed E-state index contributed by atoms with van der Waals surface area (Å²) in [5.74, 6) is 0. The summed E-state index contributed by atoms with van der Waals surface area (Å²) in [4.78, 5) is 0. The summed E-state index contributed by atoms with van der Waals surface area (Å²) in [6.07, 6.45) is 42.1. The first-order chi connectivity index (χ1) is 24.9. The summed E-state index contributed by atoms with van der Waals surface area (Å²) in [6.45, 7) is 0. The molecule has 0 nitrogen and oxygen atoms in total. The number of halogens is 4. The second-order valence-electron chi connectivity index (χ2n) is 18.2. The number of hydrogen-bond acceptors (Lipinski definition) is 0. The summed E-state index contributed by atoms with van der Waals surface area (Å²) in [7, 11) is 36.6. The van der Waals surface area contributed by atoms with E-state index >= 15 is 0 Å². The van der Waals surface area contributed by atoms with E-state index in [2.05, 4.69) is 30.3 Å².